The van der Waals surface area contributed by atoms with Gasteiger partial charge in [-0.05, 0) is 42.3 Å². The first-order chi connectivity index (χ1) is 10.5. The van der Waals surface area contributed by atoms with Crippen molar-refractivity contribution >= 4 is 45.1 Å². The topological polar surface area (TPSA) is 81.7 Å². The van der Waals surface area contributed by atoms with Crippen LogP contribution in [0.4, 0.5) is 0 Å². The zero-order valence-corrected chi connectivity index (χ0v) is 14.8. The Hall–Kier alpha value is -1.41. The summed E-state index contributed by atoms with van der Waals surface area (Å²) in [4.78, 5) is 35.4. The van der Waals surface area contributed by atoms with Gasteiger partial charge in [0.05, 0.1) is 22.6 Å². The molecule has 122 valence electrons. The van der Waals surface area contributed by atoms with E-state index in [4.69, 9.17) is 9.47 Å². The molecule has 0 radical (unpaired) electrons. The Morgan fingerprint density at radius 3 is 2.50 bits per heavy atom. The number of halogens is 1. The maximum absolute atomic E-state index is 12.1. The van der Waals surface area contributed by atoms with Gasteiger partial charge in [0.25, 0.3) is 5.91 Å². The van der Waals surface area contributed by atoms with Crippen molar-refractivity contribution in [3.63, 3.8) is 0 Å². The van der Waals surface area contributed by atoms with E-state index in [-0.39, 0.29) is 32.0 Å². The van der Waals surface area contributed by atoms with Gasteiger partial charge in [0.2, 0.25) is 0 Å². The summed E-state index contributed by atoms with van der Waals surface area (Å²) >= 11 is 4.64. The predicted octanol–water partition coefficient (Wildman–Crippen LogP) is 2.52. The van der Waals surface area contributed by atoms with Crippen LogP contribution in [0.25, 0.3) is 0 Å². The van der Waals surface area contributed by atoms with Crippen LogP contribution in [0.2, 0.25) is 0 Å². The quantitative estimate of drug-likeness (QED) is 0.688. The van der Waals surface area contributed by atoms with Crippen LogP contribution in [0.5, 0.6) is 0 Å². The number of ether oxygens (including phenoxy) is 2. The molecule has 1 aromatic heterocycles. The molecule has 0 fully saturated rings. The fraction of sp³-hybridized carbons (Fsp3) is 0.500. The number of carbonyl (C=O) groups is 3. The summed E-state index contributed by atoms with van der Waals surface area (Å²) in [5.74, 6) is -1.36. The van der Waals surface area contributed by atoms with Gasteiger partial charge in [-0.15, -0.1) is 11.3 Å². The SMILES string of the molecule is CCOC(=O)CC[C@H](NC(=O)c1csc(Br)c1)C(=O)OCC. The molecule has 1 rings (SSSR count). The lowest BCUT2D eigenvalue weighted by Gasteiger charge is -2.16. The fourth-order valence-corrected chi connectivity index (χ4v) is 2.79. The number of hydrogen-bond donors (Lipinski definition) is 1. The third kappa shape index (κ3) is 6.15. The minimum absolute atomic E-state index is 0.0327. The molecule has 0 aliphatic carbocycles. The molecule has 1 heterocycles. The van der Waals surface area contributed by atoms with Crippen molar-refractivity contribution < 1.29 is 23.9 Å². The number of rotatable bonds is 8. The minimum Gasteiger partial charge on any atom is -0.466 e. The van der Waals surface area contributed by atoms with Gasteiger partial charge in [-0.3, -0.25) is 9.59 Å². The molecule has 0 saturated heterocycles. The van der Waals surface area contributed by atoms with E-state index in [9.17, 15) is 14.4 Å². The molecule has 8 heteroatoms. The third-order valence-corrected chi connectivity index (χ3v) is 4.15. The Balaban J connectivity index is 2.66. The van der Waals surface area contributed by atoms with Crippen LogP contribution in [0, 0.1) is 0 Å². The van der Waals surface area contributed by atoms with E-state index in [1.807, 2.05) is 0 Å². The summed E-state index contributed by atoms with van der Waals surface area (Å²) in [6.45, 7) is 3.86. The molecule has 1 aromatic rings. The number of amides is 1. The fourth-order valence-electron chi connectivity index (χ4n) is 1.66. The van der Waals surface area contributed by atoms with E-state index in [1.54, 1.807) is 25.3 Å². The maximum Gasteiger partial charge on any atom is 0.328 e. The largest absolute Gasteiger partial charge is 0.466 e. The van der Waals surface area contributed by atoms with Gasteiger partial charge in [0.1, 0.15) is 6.04 Å². The van der Waals surface area contributed by atoms with Crippen LogP contribution in [-0.2, 0) is 19.1 Å². The second kappa shape index (κ2) is 9.58. The normalized spacial score (nSPS) is 11.6. The van der Waals surface area contributed by atoms with Gasteiger partial charge in [0.15, 0.2) is 0 Å². The van der Waals surface area contributed by atoms with Crippen LogP contribution in [-0.4, -0.2) is 37.1 Å². The van der Waals surface area contributed by atoms with Gasteiger partial charge < -0.3 is 14.8 Å². The summed E-state index contributed by atoms with van der Waals surface area (Å²) in [5.41, 5.74) is 0.447. The molecule has 1 amide bonds. The van der Waals surface area contributed by atoms with E-state index < -0.39 is 18.0 Å². The van der Waals surface area contributed by atoms with Crippen LogP contribution < -0.4 is 5.32 Å². The molecular formula is C14H18BrNO5S. The summed E-state index contributed by atoms with van der Waals surface area (Å²) < 4.78 is 10.6. The smallest absolute Gasteiger partial charge is 0.328 e. The van der Waals surface area contributed by atoms with Crippen molar-refractivity contribution in [1.29, 1.82) is 0 Å². The maximum atomic E-state index is 12.1. The highest BCUT2D eigenvalue weighted by Gasteiger charge is 2.24. The summed E-state index contributed by atoms with van der Waals surface area (Å²) in [5, 5.41) is 4.27. The molecular weight excluding hydrogens is 374 g/mol. The van der Waals surface area contributed by atoms with E-state index in [1.165, 1.54) is 11.3 Å². The lowest BCUT2D eigenvalue weighted by Crippen LogP contribution is -2.42. The van der Waals surface area contributed by atoms with Gasteiger partial charge in [-0.25, -0.2) is 4.79 Å². The second-order valence-corrected chi connectivity index (χ2v) is 6.55. The first kappa shape index (κ1) is 18.6. The molecule has 0 aromatic carbocycles. The average molecular weight is 392 g/mol. The Morgan fingerprint density at radius 2 is 1.95 bits per heavy atom. The molecule has 0 spiro atoms. The zero-order chi connectivity index (χ0) is 16.5. The van der Waals surface area contributed by atoms with E-state index in [0.29, 0.717) is 5.56 Å². The number of thiophene rings is 1. The minimum atomic E-state index is -0.879. The molecule has 0 saturated carbocycles. The van der Waals surface area contributed by atoms with Gasteiger partial charge >= 0.3 is 11.9 Å². The highest BCUT2D eigenvalue weighted by molar-refractivity contribution is 9.11. The third-order valence-electron chi connectivity index (χ3n) is 2.65. The Labute approximate surface area is 141 Å². The van der Waals surface area contributed by atoms with E-state index in [2.05, 4.69) is 21.2 Å². The van der Waals surface area contributed by atoms with Crippen LogP contribution in [0.15, 0.2) is 15.2 Å². The first-order valence-electron chi connectivity index (χ1n) is 6.85. The van der Waals surface area contributed by atoms with Crippen LogP contribution in [0.3, 0.4) is 0 Å². The van der Waals surface area contributed by atoms with Crippen molar-refractivity contribution in [1.82, 2.24) is 5.32 Å². The lowest BCUT2D eigenvalue weighted by atomic mass is 10.1. The summed E-state index contributed by atoms with van der Waals surface area (Å²) in [6.07, 6.45) is 0.166. The summed E-state index contributed by atoms with van der Waals surface area (Å²) in [6, 6.07) is 0.781. The molecule has 1 atom stereocenters. The van der Waals surface area contributed by atoms with Gasteiger partial charge in [0, 0.05) is 11.8 Å². The number of nitrogens with one attached hydrogen (secondary N) is 1. The molecule has 6 nitrogen and oxygen atoms in total. The summed E-state index contributed by atoms with van der Waals surface area (Å²) in [7, 11) is 0. The number of hydrogen-bond acceptors (Lipinski definition) is 6. The van der Waals surface area contributed by atoms with Crippen LogP contribution in [0.1, 0.15) is 37.0 Å². The molecule has 0 aliphatic heterocycles. The molecule has 22 heavy (non-hydrogen) atoms. The highest BCUT2D eigenvalue weighted by atomic mass is 79.9. The lowest BCUT2D eigenvalue weighted by molar-refractivity contribution is -0.146. The molecule has 1 N–H and O–H groups in total. The van der Waals surface area contributed by atoms with E-state index >= 15 is 0 Å². The second-order valence-electron chi connectivity index (χ2n) is 4.26. The number of esters is 2. The van der Waals surface area contributed by atoms with E-state index in [0.717, 1.165) is 3.79 Å². The van der Waals surface area contributed by atoms with Gasteiger partial charge in [-0.2, -0.15) is 0 Å². The number of carbonyl (C=O) groups excluding carboxylic acids is 3. The first-order valence-corrected chi connectivity index (χ1v) is 8.52. The average Bonchev–Trinajstić information content (AvgIpc) is 2.90. The van der Waals surface area contributed by atoms with Crippen LogP contribution >= 0.6 is 27.3 Å². The molecule has 0 bridgehead atoms. The monoisotopic (exact) mass is 391 g/mol. The molecule has 0 unspecified atom stereocenters. The van der Waals surface area contributed by atoms with Gasteiger partial charge in [-0.1, -0.05) is 0 Å². The Kier molecular flexibility index (Phi) is 8.11. The highest BCUT2D eigenvalue weighted by Crippen LogP contribution is 2.20. The Morgan fingerprint density at radius 1 is 1.27 bits per heavy atom. The van der Waals surface area contributed by atoms with Crippen molar-refractivity contribution in [2.45, 2.75) is 32.7 Å². The molecule has 0 aliphatic rings. The van der Waals surface area contributed by atoms with Crippen molar-refractivity contribution in [2.24, 2.45) is 0 Å². The van der Waals surface area contributed by atoms with Crippen molar-refractivity contribution in [2.75, 3.05) is 13.2 Å². The van der Waals surface area contributed by atoms with Crippen molar-refractivity contribution in [3.05, 3.63) is 20.8 Å². The Bertz CT molecular complexity index is 531. The van der Waals surface area contributed by atoms with Crippen molar-refractivity contribution in [3.8, 4) is 0 Å². The standard InChI is InChI=1S/C14H18BrNO5S/c1-3-20-12(17)6-5-10(14(19)21-4-2)16-13(18)9-7-11(15)22-8-9/h7-8,10H,3-6H2,1-2H3,(H,16,18)/t10-/m0/s1. The predicted molar refractivity (Wildman–Crippen MR) is 85.8 cm³/mol. The zero-order valence-electron chi connectivity index (χ0n) is 12.4.